The van der Waals surface area contributed by atoms with Gasteiger partial charge in [-0.2, -0.15) is 0 Å². The van der Waals surface area contributed by atoms with Crippen LogP contribution in [0.4, 0.5) is 5.69 Å². The lowest BCUT2D eigenvalue weighted by Gasteiger charge is -2.10. The molecule has 132 valence electrons. The summed E-state index contributed by atoms with van der Waals surface area (Å²) in [7, 11) is 0. The molecule has 2 aromatic rings. The second-order valence-electron chi connectivity index (χ2n) is 5.69. The molecule has 0 aliphatic rings. The Hall–Kier alpha value is -2.44. The van der Waals surface area contributed by atoms with Gasteiger partial charge in [0.2, 0.25) is 5.91 Å². The number of hydrogen-bond acceptors (Lipinski definition) is 4. The normalized spacial score (nSPS) is 12.2. The smallest absolute Gasteiger partial charge is 0.284 e. The fraction of sp³-hybridized carbons (Fsp3) is 0.263. The van der Waals surface area contributed by atoms with Crippen LogP contribution in [-0.2, 0) is 4.79 Å². The van der Waals surface area contributed by atoms with Gasteiger partial charge in [-0.3, -0.25) is 14.8 Å². The lowest BCUT2D eigenvalue weighted by molar-refractivity contribution is -0.116. The van der Waals surface area contributed by atoms with E-state index in [1.807, 2.05) is 37.3 Å². The maximum atomic E-state index is 12.1. The highest BCUT2D eigenvalue weighted by molar-refractivity contribution is 7.20. The minimum atomic E-state index is -0.539. The van der Waals surface area contributed by atoms with Crippen molar-refractivity contribution in [3.63, 3.8) is 0 Å². The molecule has 3 N–H and O–H groups in total. The molecule has 2 rings (SSSR count). The van der Waals surface area contributed by atoms with E-state index in [1.165, 1.54) is 11.3 Å². The quantitative estimate of drug-likeness (QED) is 0.369. The highest BCUT2D eigenvalue weighted by atomic mass is 32.1. The molecule has 1 heterocycles. The Labute approximate surface area is 151 Å². The Morgan fingerprint density at radius 2 is 2.16 bits per heavy atom. The van der Waals surface area contributed by atoms with Crippen molar-refractivity contribution in [3.05, 3.63) is 53.9 Å². The van der Waals surface area contributed by atoms with Crippen LogP contribution < -0.4 is 10.8 Å². The van der Waals surface area contributed by atoms with Gasteiger partial charge in [0.15, 0.2) is 0 Å². The van der Waals surface area contributed by atoms with Crippen LogP contribution in [-0.4, -0.2) is 17.0 Å². The SMILES string of the molecule is C=CC(C/C=C\C)CCC(=O)Nc1ccc2sc(C(=O)NO)cc2c1. The molecule has 25 heavy (non-hydrogen) atoms. The second kappa shape index (κ2) is 9.15. The van der Waals surface area contributed by atoms with Gasteiger partial charge in [0.25, 0.3) is 5.91 Å². The molecule has 1 aromatic carbocycles. The van der Waals surface area contributed by atoms with Crippen LogP contribution in [0.25, 0.3) is 10.1 Å². The Bertz CT molecular complexity index is 795. The molecule has 6 heteroatoms. The van der Waals surface area contributed by atoms with Gasteiger partial charge in [-0.05, 0) is 55.3 Å². The van der Waals surface area contributed by atoms with Crippen LogP contribution in [0.5, 0.6) is 0 Å². The predicted molar refractivity (Wildman–Crippen MR) is 102 cm³/mol. The molecule has 0 bridgehead atoms. The number of carbonyl (C=O) groups excluding carboxylic acids is 2. The molecule has 0 fully saturated rings. The minimum absolute atomic E-state index is 0.0461. The number of amides is 2. The molecule has 1 unspecified atom stereocenters. The van der Waals surface area contributed by atoms with Crippen LogP contribution >= 0.6 is 11.3 Å². The number of allylic oxidation sites excluding steroid dienone is 3. The number of hydroxylamine groups is 1. The molecule has 1 atom stereocenters. The van der Waals surface area contributed by atoms with Gasteiger partial charge in [0.1, 0.15) is 0 Å². The van der Waals surface area contributed by atoms with Crippen LogP contribution in [0.15, 0.2) is 49.1 Å². The molecule has 0 saturated heterocycles. The summed E-state index contributed by atoms with van der Waals surface area (Å²) in [6.45, 7) is 5.79. The number of carbonyl (C=O) groups is 2. The molecular weight excluding hydrogens is 336 g/mol. The molecule has 1 aromatic heterocycles. The van der Waals surface area contributed by atoms with E-state index in [1.54, 1.807) is 11.5 Å². The first kappa shape index (κ1) is 18.9. The number of nitrogens with one attached hydrogen (secondary N) is 2. The maximum absolute atomic E-state index is 12.1. The van der Waals surface area contributed by atoms with Crippen molar-refractivity contribution in [2.24, 2.45) is 5.92 Å². The molecule has 0 aliphatic carbocycles. The zero-order valence-corrected chi connectivity index (χ0v) is 14.9. The van der Waals surface area contributed by atoms with Crippen molar-refractivity contribution >= 4 is 38.9 Å². The molecule has 2 amide bonds. The molecule has 0 aliphatic heterocycles. The van der Waals surface area contributed by atoms with E-state index < -0.39 is 5.91 Å². The third-order valence-electron chi connectivity index (χ3n) is 3.88. The van der Waals surface area contributed by atoms with E-state index in [0.29, 0.717) is 22.9 Å². The summed E-state index contributed by atoms with van der Waals surface area (Å²) < 4.78 is 0.912. The topological polar surface area (TPSA) is 78.4 Å². The first-order chi connectivity index (χ1) is 12.1. The zero-order valence-electron chi connectivity index (χ0n) is 14.1. The van der Waals surface area contributed by atoms with Crippen molar-refractivity contribution in [2.75, 3.05) is 5.32 Å². The van der Waals surface area contributed by atoms with Crippen LogP contribution in [0.1, 0.15) is 35.9 Å². The fourth-order valence-electron chi connectivity index (χ4n) is 2.47. The van der Waals surface area contributed by atoms with Gasteiger partial charge in [-0.25, -0.2) is 5.48 Å². The summed E-state index contributed by atoms with van der Waals surface area (Å²) in [4.78, 5) is 24.0. The highest BCUT2D eigenvalue weighted by Crippen LogP contribution is 2.28. The summed E-state index contributed by atoms with van der Waals surface area (Å²) in [6, 6.07) is 7.17. The van der Waals surface area contributed by atoms with Gasteiger partial charge < -0.3 is 5.32 Å². The summed E-state index contributed by atoms with van der Waals surface area (Å²) in [5.74, 6) is -0.292. The van der Waals surface area contributed by atoms with Gasteiger partial charge in [-0.15, -0.1) is 17.9 Å². The standard InChI is InChI=1S/C19H22N2O3S/c1-3-5-6-13(4-2)7-10-18(22)20-15-8-9-16-14(11-15)12-17(25-16)19(23)21-24/h3-5,8-9,11-13,24H,2,6-7,10H2,1H3,(H,20,22)(H,21,23)/b5-3-. The minimum Gasteiger partial charge on any atom is -0.326 e. The van der Waals surface area contributed by atoms with Gasteiger partial charge in [0.05, 0.1) is 4.88 Å². The molecule has 0 radical (unpaired) electrons. The fourth-order valence-corrected chi connectivity index (χ4v) is 3.40. The maximum Gasteiger partial charge on any atom is 0.284 e. The third kappa shape index (κ3) is 5.27. The highest BCUT2D eigenvalue weighted by Gasteiger charge is 2.11. The monoisotopic (exact) mass is 358 g/mol. The van der Waals surface area contributed by atoms with Crippen molar-refractivity contribution < 1.29 is 14.8 Å². The molecule has 5 nitrogen and oxygen atoms in total. The van der Waals surface area contributed by atoms with Gasteiger partial charge >= 0.3 is 0 Å². The zero-order chi connectivity index (χ0) is 18.2. The largest absolute Gasteiger partial charge is 0.326 e. The first-order valence-corrected chi connectivity index (χ1v) is 8.90. The van der Waals surface area contributed by atoms with E-state index in [2.05, 4.69) is 18.0 Å². The number of fused-ring (bicyclic) bond motifs is 1. The summed E-state index contributed by atoms with van der Waals surface area (Å²) in [5.41, 5.74) is 2.31. The summed E-state index contributed by atoms with van der Waals surface area (Å²) >= 11 is 1.28. The number of benzene rings is 1. The summed E-state index contributed by atoms with van der Waals surface area (Å²) in [5, 5.41) is 12.4. The van der Waals surface area contributed by atoms with Gasteiger partial charge in [0, 0.05) is 16.8 Å². The number of thiophene rings is 1. The number of rotatable bonds is 8. The molecule has 0 saturated carbocycles. The van der Waals surface area contributed by atoms with Gasteiger partial charge in [-0.1, -0.05) is 18.2 Å². The van der Waals surface area contributed by atoms with Crippen LogP contribution in [0, 0.1) is 5.92 Å². The molecular formula is C19H22N2O3S. The number of anilines is 1. The van der Waals surface area contributed by atoms with E-state index in [-0.39, 0.29) is 5.91 Å². The lowest BCUT2D eigenvalue weighted by Crippen LogP contribution is -2.16. The summed E-state index contributed by atoms with van der Waals surface area (Å²) in [6.07, 6.45) is 8.03. The Morgan fingerprint density at radius 3 is 2.84 bits per heavy atom. The lowest BCUT2D eigenvalue weighted by atomic mass is 9.99. The average molecular weight is 358 g/mol. The van der Waals surface area contributed by atoms with E-state index in [9.17, 15) is 9.59 Å². The predicted octanol–water partition coefficient (Wildman–Crippen LogP) is 4.51. The van der Waals surface area contributed by atoms with Crippen molar-refractivity contribution in [2.45, 2.75) is 26.2 Å². The number of hydrogen-bond donors (Lipinski definition) is 3. The van der Waals surface area contributed by atoms with E-state index >= 15 is 0 Å². The Kier molecular flexibility index (Phi) is 6.91. The van der Waals surface area contributed by atoms with Crippen LogP contribution in [0.2, 0.25) is 0 Å². The van der Waals surface area contributed by atoms with E-state index in [4.69, 9.17) is 5.21 Å². The van der Waals surface area contributed by atoms with Crippen molar-refractivity contribution in [3.8, 4) is 0 Å². The third-order valence-corrected chi connectivity index (χ3v) is 4.99. The molecule has 0 spiro atoms. The second-order valence-corrected chi connectivity index (χ2v) is 6.78. The Balaban J connectivity index is 1.98. The van der Waals surface area contributed by atoms with E-state index in [0.717, 1.165) is 22.9 Å². The first-order valence-electron chi connectivity index (χ1n) is 8.09. The average Bonchev–Trinajstić information content (AvgIpc) is 3.04. The van der Waals surface area contributed by atoms with Crippen molar-refractivity contribution in [1.82, 2.24) is 5.48 Å². The van der Waals surface area contributed by atoms with Crippen LogP contribution in [0.3, 0.4) is 0 Å². The van der Waals surface area contributed by atoms with Crippen molar-refractivity contribution in [1.29, 1.82) is 0 Å². The Morgan fingerprint density at radius 1 is 1.36 bits per heavy atom.